The van der Waals surface area contributed by atoms with E-state index in [9.17, 15) is 0 Å². The fraction of sp³-hybridized carbons (Fsp3) is 0.786. The third kappa shape index (κ3) is 3.48. The molecule has 18 heavy (non-hydrogen) atoms. The monoisotopic (exact) mass is 251 g/mol. The lowest BCUT2D eigenvalue weighted by molar-refractivity contribution is 0.164. The number of aromatic nitrogens is 2. The Morgan fingerprint density at radius 1 is 1.44 bits per heavy atom. The molecular formula is C14H25N3O. The summed E-state index contributed by atoms with van der Waals surface area (Å²) in [5.74, 6) is 1.52. The van der Waals surface area contributed by atoms with Crippen molar-refractivity contribution in [1.29, 1.82) is 0 Å². The summed E-state index contributed by atoms with van der Waals surface area (Å²) in [6.07, 6.45) is 10.7. The van der Waals surface area contributed by atoms with Gasteiger partial charge in [-0.05, 0) is 18.8 Å². The van der Waals surface area contributed by atoms with Gasteiger partial charge in [0.05, 0.1) is 6.61 Å². The molecule has 0 bridgehead atoms. The van der Waals surface area contributed by atoms with Crippen LogP contribution in [0.15, 0.2) is 12.4 Å². The van der Waals surface area contributed by atoms with Crippen molar-refractivity contribution in [3.63, 3.8) is 0 Å². The lowest BCUT2D eigenvalue weighted by Crippen LogP contribution is -2.20. The zero-order valence-electron chi connectivity index (χ0n) is 11.6. The van der Waals surface area contributed by atoms with Crippen LogP contribution in [0.4, 0.5) is 5.95 Å². The average molecular weight is 251 g/mol. The molecule has 0 radical (unpaired) electrons. The van der Waals surface area contributed by atoms with Gasteiger partial charge in [0.1, 0.15) is 0 Å². The molecule has 0 saturated heterocycles. The molecule has 0 aliphatic heterocycles. The number of nitrogens with zero attached hydrogens (tertiary/aromatic N) is 2. The van der Waals surface area contributed by atoms with Gasteiger partial charge < -0.3 is 14.6 Å². The molecule has 1 fully saturated rings. The van der Waals surface area contributed by atoms with Crippen molar-refractivity contribution in [2.45, 2.75) is 45.1 Å². The Labute approximate surface area is 110 Å². The molecule has 1 aromatic heterocycles. The first-order valence-electron chi connectivity index (χ1n) is 7.07. The van der Waals surface area contributed by atoms with Crippen molar-refractivity contribution in [3.8, 4) is 0 Å². The number of ether oxygens (including phenoxy) is 1. The predicted octanol–water partition coefficient (Wildman–Crippen LogP) is 3.08. The maximum Gasteiger partial charge on any atom is 0.203 e. The van der Waals surface area contributed by atoms with Crippen LogP contribution in [0.2, 0.25) is 0 Å². The Morgan fingerprint density at radius 2 is 2.22 bits per heavy atom. The molecular weight excluding hydrogens is 226 g/mol. The molecule has 102 valence electrons. The minimum Gasteiger partial charge on any atom is -0.384 e. The summed E-state index contributed by atoms with van der Waals surface area (Å²) < 4.78 is 7.47. The molecule has 1 unspecified atom stereocenters. The second kappa shape index (κ2) is 6.78. The number of rotatable bonds is 6. The quantitative estimate of drug-likeness (QED) is 0.844. The molecule has 1 aromatic rings. The fourth-order valence-corrected chi connectivity index (χ4v) is 2.71. The Morgan fingerprint density at radius 3 is 2.94 bits per heavy atom. The molecule has 1 aliphatic rings. The summed E-state index contributed by atoms with van der Waals surface area (Å²) in [5, 5.41) is 3.45. The van der Waals surface area contributed by atoms with Gasteiger partial charge in [-0.1, -0.05) is 26.2 Å². The van der Waals surface area contributed by atoms with Gasteiger partial charge in [-0.2, -0.15) is 0 Å². The highest BCUT2D eigenvalue weighted by molar-refractivity contribution is 5.26. The molecule has 1 aliphatic carbocycles. The van der Waals surface area contributed by atoms with Gasteiger partial charge in [0.2, 0.25) is 5.95 Å². The topological polar surface area (TPSA) is 39.1 Å². The van der Waals surface area contributed by atoms with Crippen LogP contribution in [0.3, 0.4) is 0 Å². The van der Waals surface area contributed by atoms with Gasteiger partial charge in [0.25, 0.3) is 0 Å². The Kier molecular flexibility index (Phi) is 5.05. The summed E-state index contributed by atoms with van der Waals surface area (Å²) in [7, 11) is 1.75. The van der Waals surface area contributed by atoms with Crippen molar-refractivity contribution < 1.29 is 4.74 Å². The van der Waals surface area contributed by atoms with Crippen LogP contribution in [0.1, 0.15) is 45.1 Å². The molecule has 0 spiro atoms. The number of nitrogens with one attached hydrogen (secondary N) is 1. The highest BCUT2D eigenvalue weighted by Crippen LogP contribution is 2.30. The first kappa shape index (κ1) is 13.4. The van der Waals surface area contributed by atoms with E-state index in [-0.39, 0.29) is 0 Å². The predicted molar refractivity (Wildman–Crippen MR) is 73.9 cm³/mol. The molecule has 1 atom stereocenters. The van der Waals surface area contributed by atoms with E-state index in [0.29, 0.717) is 12.0 Å². The summed E-state index contributed by atoms with van der Waals surface area (Å²) in [6, 6.07) is 0.640. The van der Waals surface area contributed by atoms with E-state index in [1.807, 2.05) is 6.20 Å². The first-order chi connectivity index (χ1) is 8.81. The first-order valence-corrected chi connectivity index (χ1v) is 7.07. The third-order valence-electron chi connectivity index (χ3n) is 3.70. The lowest BCUT2D eigenvalue weighted by atomic mass is 9.95. The smallest absolute Gasteiger partial charge is 0.203 e. The van der Waals surface area contributed by atoms with Crippen LogP contribution in [-0.2, 0) is 4.74 Å². The maximum atomic E-state index is 5.15. The van der Waals surface area contributed by atoms with E-state index < -0.39 is 0 Å². The number of hydrogen-bond donors (Lipinski definition) is 1. The van der Waals surface area contributed by atoms with Crippen molar-refractivity contribution in [1.82, 2.24) is 9.55 Å². The largest absolute Gasteiger partial charge is 0.384 e. The van der Waals surface area contributed by atoms with Crippen LogP contribution >= 0.6 is 0 Å². The summed E-state index contributed by atoms with van der Waals surface area (Å²) >= 11 is 0. The SMILES string of the molecule is COCC(C)CNc1nccn1C1CCCCC1. The minimum absolute atomic E-state index is 0.506. The Bertz CT molecular complexity index is 345. The van der Waals surface area contributed by atoms with Crippen molar-refractivity contribution >= 4 is 5.95 Å². The van der Waals surface area contributed by atoms with Crippen LogP contribution in [0.25, 0.3) is 0 Å². The van der Waals surface area contributed by atoms with E-state index in [4.69, 9.17) is 4.74 Å². The maximum absolute atomic E-state index is 5.15. The molecule has 4 nitrogen and oxygen atoms in total. The summed E-state index contributed by atoms with van der Waals surface area (Å²) in [5.41, 5.74) is 0. The van der Waals surface area contributed by atoms with Crippen LogP contribution < -0.4 is 5.32 Å². The van der Waals surface area contributed by atoms with Gasteiger partial charge in [-0.3, -0.25) is 0 Å². The van der Waals surface area contributed by atoms with E-state index in [1.165, 1.54) is 32.1 Å². The molecule has 1 N–H and O–H groups in total. The summed E-state index contributed by atoms with van der Waals surface area (Å²) in [4.78, 5) is 4.43. The minimum atomic E-state index is 0.506. The number of imidazole rings is 1. The van der Waals surface area contributed by atoms with E-state index in [2.05, 4.69) is 28.0 Å². The normalized spacial score (nSPS) is 18.8. The highest BCUT2D eigenvalue weighted by atomic mass is 16.5. The van der Waals surface area contributed by atoms with Gasteiger partial charge in [-0.15, -0.1) is 0 Å². The van der Waals surface area contributed by atoms with Crippen LogP contribution in [0.5, 0.6) is 0 Å². The van der Waals surface area contributed by atoms with E-state index in [1.54, 1.807) is 7.11 Å². The van der Waals surface area contributed by atoms with Gasteiger partial charge in [0, 0.05) is 32.1 Å². The Balaban J connectivity index is 1.90. The molecule has 4 heteroatoms. The Hall–Kier alpha value is -1.03. The molecule has 2 rings (SSSR count). The standard InChI is InChI=1S/C14H25N3O/c1-12(11-18-2)10-16-14-15-8-9-17(14)13-6-4-3-5-7-13/h8-9,12-13H,3-7,10-11H2,1-2H3,(H,15,16). The van der Waals surface area contributed by atoms with Crippen LogP contribution in [0, 0.1) is 5.92 Å². The van der Waals surface area contributed by atoms with Gasteiger partial charge >= 0.3 is 0 Å². The van der Waals surface area contributed by atoms with Crippen molar-refractivity contribution in [2.24, 2.45) is 5.92 Å². The molecule has 0 amide bonds. The van der Waals surface area contributed by atoms with Crippen molar-refractivity contribution in [3.05, 3.63) is 12.4 Å². The van der Waals surface area contributed by atoms with Gasteiger partial charge in [-0.25, -0.2) is 4.98 Å². The summed E-state index contributed by atoms with van der Waals surface area (Å²) in [6.45, 7) is 3.89. The second-order valence-electron chi connectivity index (χ2n) is 5.39. The number of methoxy groups -OCH3 is 1. The molecule has 1 heterocycles. The van der Waals surface area contributed by atoms with E-state index >= 15 is 0 Å². The van der Waals surface area contributed by atoms with E-state index in [0.717, 1.165) is 19.1 Å². The van der Waals surface area contributed by atoms with Gasteiger partial charge in [0.15, 0.2) is 0 Å². The second-order valence-corrected chi connectivity index (χ2v) is 5.39. The molecule has 1 saturated carbocycles. The third-order valence-corrected chi connectivity index (χ3v) is 3.70. The zero-order valence-corrected chi connectivity index (χ0v) is 11.6. The van der Waals surface area contributed by atoms with Crippen LogP contribution in [-0.4, -0.2) is 29.8 Å². The number of anilines is 1. The average Bonchev–Trinajstić information content (AvgIpc) is 2.86. The fourth-order valence-electron chi connectivity index (χ4n) is 2.71. The highest BCUT2D eigenvalue weighted by Gasteiger charge is 2.17. The zero-order chi connectivity index (χ0) is 12.8. The number of hydrogen-bond acceptors (Lipinski definition) is 3. The lowest BCUT2D eigenvalue weighted by Gasteiger charge is -2.25. The van der Waals surface area contributed by atoms with Crippen molar-refractivity contribution in [2.75, 3.05) is 25.6 Å². The molecule has 0 aromatic carbocycles.